The van der Waals surface area contributed by atoms with Crippen molar-refractivity contribution in [3.63, 3.8) is 0 Å². The van der Waals surface area contributed by atoms with Crippen LogP contribution in [-0.2, 0) is 4.79 Å². The zero-order valence-corrected chi connectivity index (χ0v) is 18.5. The van der Waals surface area contributed by atoms with E-state index < -0.39 is 6.04 Å². The molecule has 6 N–H and O–H groups in total. The quantitative estimate of drug-likeness (QED) is 0.180. The summed E-state index contributed by atoms with van der Waals surface area (Å²) < 4.78 is 16.3. The van der Waals surface area contributed by atoms with Crippen LogP contribution in [0, 0.1) is 5.41 Å². The van der Waals surface area contributed by atoms with Crippen LogP contribution in [0.3, 0.4) is 0 Å². The third-order valence-electron chi connectivity index (χ3n) is 4.77. The van der Waals surface area contributed by atoms with Crippen LogP contribution in [0.25, 0.3) is 0 Å². The molecule has 0 bridgehead atoms. The largest absolute Gasteiger partial charge is 0.493 e. The first-order chi connectivity index (χ1) is 16.0. The summed E-state index contributed by atoms with van der Waals surface area (Å²) in [6.07, 6.45) is 1.61. The smallest absolute Gasteiger partial charge is 0.265 e. The zero-order chi connectivity index (χ0) is 23.8. The van der Waals surface area contributed by atoms with Crippen LogP contribution >= 0.6 is 0 Å². The maximum absolute atomic E-state index is 13.2. The molecule has 0 aliphatic rings. The fourth-order valence-electron chi connectivity index (χ4n) is 3.12. The molecular formula is C23H26N6O4. The van der Waals surface area contributed by atoms with Gasteiger partial charge in [0.15, 0.2) is 11.5 Å². The van der Waals surface area contributed by atoms with Crippen LogP contribution in [0.5, 0.6) is 17.2 Å². The van der Waals surface area contributed by atoms with Crippen molar-refractivity contribution in [2.75, 3.05) is 32.1 Å². The molecule has 0 saturated carbocycles. The van der Waals surface area contributed by atoms with Crippen molar-refractivity contribution in [2.24, 2.45) is 5.73 Å². The zero-order valence-electron chi connectivity index (χ0n) is 18.5. The molecule has 1 aromatic heterocycles. The molecule has 2 aromatic carbocycles. The SMILES string of the molecule is COc1cc(C(Nc2ccc(C(=N)N)cc2)C(=O)NNc2ccccn2)cc(OC)c1OC. The van der Waals surface area contributed by atoms with Gasteiger partial charge in [0.2, 0.25) is 5.75 Å². The van der Waals surface area contributed by atoms with Crippen molar-refractivity contribution < 1.29 is 19.0 Å². The maximum atomic E-state index is 13.2. The predicted molar refractivity (Wildman–Crippen MR) is 126 cm³/mol. The van der Waals surface area contributed by atoms with E-state index >= 15 is 0 Å². The number of rotatable bonds is 10. The van der Waals surface area contributed by atoms with Gasteiger partial charge >= 0.3 is 0 Å². The molecule has 10 nitrogen and oxygen atoms in total. The molecule has 3 rings (SSSR count). The molecule has 172 valence electrons. The predicted octanol–water partition coefficient (Wildman–Crippen LogP) is 2.69. The number of aromatic nitrogens is 1. The Bertz CT molecular complexity index is 1080. The first kappa shape index (κ1) is 23.2. The van der Waals surface area contributed by atoms with E-state index in [0.29, 0.717) is 39.9 Å². The average Bonchev–Trinajstić information content (AvgIpc) is 2.85. The minimum absolute atomic E-state index is 0.0416. The fraction of sp³-hybridized carbons (Fsp3) is 0.174. The van der Waals surface area contributed by atoms with Crippen molar-refractivity contribution >= 4 is 23.2 Å². The Labute approximate surface area is 191 Å². The van der Waals surface area contributed by atoms with E-state index in [1.165, 1.54) is 21.3 Å². The van der Waals surface area contributed by atoms with Gasteiger partial charge in [0.05, 0.1) is 21.3 Å². The molecule has 1 unspecified atom stereocenters. The average molecular weight is 450 g/mol. The number of amides is 1. The minimum atomic E-state index is -0.849. The summed E-state index contributed by atoms with van der Waals surface area (Å²) >= 11 is 0. The van der Waals surface area contributed by atoms with Crippen LogP contribution in [0.2, 0.25) is 0 Å². The van der Waals surface area contributed by atoms with E-state index in [-0.39, 0.29) is 11.7 Å². The number of ether oxygens (including phenoxy) is 3. The number of carbonyl (C=O) groups is 1. The first-order valence-electron chi connectivity index (χ1n) is 9.94. The summed E-state index contributed by atoms with van der Waals surface area (Å²) in [5.74, 6) is 1.30. The van der Waals surface area contributed by atoms with Gasteiger partial charge in [0, 0.05) is 17.4 Å². The molecule has 0 spiro atoms. The van der Waals surface area contributed by atoms with Crippen molar-refractivity contribution in [1.82, 2.24) is 10.4 Å². The molecule has 33 heavy (non-hydrogen) atoms. The molecule has 0 aliphatic carbocycles. The number of anilines is 2. The van der Waals surface area contributed by atoms with Gasteiger partial charge in [0.25, 0.3) is 5.91 Å². The van der Waals surface area contributed by atoms with E-state index in [2.05, 4.69) is 21.2 Å². The Hall–Kier alpha value is -4.47. The molecule has 0 aliphatic heterocycles. The Balaban J connectivity index is 1.95. The van der Waals surface area contributed by atoms with Gasteiger partial charge < -0.3 is 25.3 Å². The second-order valence-electron chi connectivity index (χ2n) is 6.86. The lowest BCUT2D eigenvalue weighted by Crippen LogP contribution is -2.37. The standard InChI is InChI=1S/C23H26N6O4/c1-31-17-12-15(13-18(32-2)21(17)33-3)20(23(30)29-28-19-6-4-5-11-26-19)27-16-9-7-14(8-10-16)22(24)25/h4-13,20,27H,1-3H3,(H3,24,25)(H,26,28)(H,29,30). The number of pyridine rings is 1. The van der Waals surface area contributed by atoms with Crippen molar-refractivity contribution in [1.29, 1.82) is 5.41 Å². The molecule has 0 saturated heterocycles. The summed E-state index contributed by atoms with van der Waals surface area (Å²) in [5.41, 5.74) is 12.8. The lowest BCUT2D eigenvalue weighted by molar-refractivity contribution is -0.121. The van der Waals surface area contributed by atoms with Gasteiger partial charge in [-0.2, -0.15) is 0 Å². The normalized spacial score (nSPS) is 11.1. The third-order valence-corrected chi connectivity index (χ3v) is 4.77. The number of nitrogens with two attached hydrogens (primary N) is 1. The van der Waals surface area contributed by atoms with Gasteiger partial charge in [0.1, 0.15) is 17.7 Å². The molecule has 0 radical (unpaired) electrons. The lowest BCUT2D eigenvalue weighted by atomic mass is 10.0. The Morgan fingerprint density at radius 3 is 2.18 bits per heavy atom. The highest BCUT2D eigenvalue weighted by atomic mass is 16.5. The summed E-state index contributed by atoms with van der Waals surface area (Å²) in [6, 6.07) is 14.7. The van der Waals surface area contributed by atoms with Crippen molar-refractivity contribution in [2.45, 2.75) is 6.04 Å². The number of amidine groups is 1. The summed E-state index contributed by atoms with van der Waals surface area (Å²) in [7, 11) is 4.52. The number of carbonyl (C=O) groups excluding carboxylic acids is 1. The van der Waals surface area contributed by atoms with Crippen LogP contribution in [0.4, 0.5) is 11.5 Å². The number of methoxy groups -OCH3 is 3. The van der Waals surface area contributed by atoms with Gasteiger partial charge in [-0.3, -0.25) is 21.1 Å². The minimum Gasteiger partial charge on any atom is -0.493 e. The highest BCUT2D eigenvalue weighted by Gasteiger charge is 2.25. The van der Waals surface area contributed by atoms with Crippen molar-refractivity contribution in [3.8, 4) is 17.2 Å². The number of hydrazine groups is 1. The van der Waals surface area contributed by atoms with E-state index in [0.717, 1.165) is 0 Å². The van der Waals surface area contributed by atoms with Gasteiger partial charge in [-0.25, -0.2) is 4.98 Å². The van der Waals surface area contributed by atoms with Crippen LogP contribution in [0.1, 0.15) is 17.2 Å². The van der Waals surface area contributed by atoms with Crippen LogP contribution < -0.4 is 36.1 Å². The first-order valence-corrected chi connectivity index (χ1v) is 9.94. The number of benzene rings is 2. The van der Waals surface area contributed by atoms with E-state index in [1.807, 2.05) is 0 Å². The highest BCUT2D eigenvalue weighted by Crippen LogP contribution is 2.40. The summed E-state index contributed by atoms with van der Waals surface area (Å²) in [5, 5.41) is 10.8. The molecule has 1 amide bonds. The Morgan fingerprint density at radius 1 is 1.00 bits per heavy atom. The maximum Gasteiger partial charge on any atom is 0.265 e. The number of hydrogen-bond acceptors (Lipinski definition) is 8. The fourth-order valence-corrected chi connectivity index (χ4v) is 3.12. The topological polar surface area (TPSA) is 144 Å². The van der Waals surface area contributed by atoms with E-state index in [9.17, 15) is 4.79 Å². The van der Waals surface area contributed by atoms with E-state index in [1.54, 1.807) is 60.8 Å². The van der Waals surface area contributed by atoms with Crippen LogP contribution in [0.15, 0.2) is 60.8 Å². The summed E-state index contributed by atoms with van der Waals surface area (Å²) in [4.78, 5) is 17.4. The Kier molecular flexibility index (Phi) is 7.53. The van der Waals surface area contributed by atoms with Gasteiger partial charge in [-0.1, -0.05) is 6.07 Å². The second-order valence-corrected chi connectivity index (χ2v) is 6.86. The molecule has 10 heteroatoms. The number of nitrogen functional groups attached to an aromatic ring is 1. The monoisotopic (exact) mass is 450 g/mol. The number of nitrogens with zero attached hydrogens (tertiary/aromatic N) is 1. The highest BCUT2D eigenvalue weighted by molar-refractivity contribution is 5.95. The molecular weight excluding hydrogens is 424 g/mol. The molecule has 1 heterocycles. The lowest BCUT2D eigenvalue weighted by Gasteiger charge is -2.22. The molecule has 3 aromatic rings. The van der Waals surface area contributed by atoms with Crippen molar-refractivity contribution in [3.05, 3.63) is 71.9 Å². The van der Waals surface area contributed by atoms with Crippen LogP contribution in [-0.4, -0.2) is 38.1 Å². The second kappa shape index (κ2) is 10.7. The number of hydrogen-bond donors (Lipinski definition) is 5. The Morgan fingerprint density at radius 2 is 1.67 bits per heavy atom. The summed E-state index contributed by atoms with van der Waals surface area (Å²) in [6.45, 7) is 0. The molecule has 0 fully saturated rings. The van der Waals surface area contributed by atoms with Gasteiger partial charge in [-0.15, -0.1) is 0 Å². The van der Waals surface area contributed by atoms with E-state index in [4.69, 9.17) is 25.4 Å². The third kappa shape index (κ3) is 5.62. The molecule has 1 atom stereocenters. The number of nitrogens with one attached hydrogen (secondary N) is 4. The van der Waals surface area contributed by atoms with Gasteiger partial charge in [-0.05, 0) is 54.1 Å².